The number of amides is 2. The topological polar surface area (TPSA) is 132 Å². The lowest BCUT2D eigenvalue weighted by Crippen LogP contribution is -2.38. The first-order chi connectivity index (χ1) is 17.9. The second-order valence-electron chi connectivity index (χ2n) is 9.15. The minimum atomic E-state index is -0.436. The summed E-state index contributed by atoms with van der Waals surface area (Å²) in [7, 11) is 3.52. The second kappa shape index (κ2) is 10.4. The molecule has 2 N–H and O–H groups in total. The van der Waals surface area contributed by atoms with Crippen molar-refractivity contribution in [1.29, 1.82) is 0 Å². The average molecular weight is 504 g/mol. The molecule has 5 rings (SSSR count). The minimum Gasteiger partial charge on any atom is -0.383 e. The van der Waals surface area contributed by atoms with Crippen LogP contribution >= 0.6 is 0 Å². The van der Waals surface area contributed by atoms with E-state index >= 15 is 0 Å². The summed E-state index contributed by atoms with van der Waals surface area (Å²) in [6, 6.07) is 5.67. The Balaban J connectivity index is 1.28. The number of methoxy groups -OCH3 is 1. The second-order valence-corrected chi connectivity index (χ2v) is 9.15. The Hall–Kier alpha value is -4.16. The molecule has 0 radical (unpaired) electrons. The van der Waals surface area contributed by atoms with Crippen LogP contribution in [0.25, 0.3) is 16.8 Å². The maximum atomic E-state index is 13.1. The van der Waals surface area contributed by atoms with Crippen LogP contribution in [0.15, 0.2) is 43.0 Å². The van der Waals surface area contributed by atoms with E-state index in [1.807, 2.05) is 25.4 Å². The van der Waals surface area contributed by atoms with Gasteiger partial charge >= 0.3 is 0 Å². The number of anilines is 2. The normalized spacial score (nSPS) is 15.8. The molecule has 0 bridgehead atoms. The van der Waals surface area contributed by atoms with Crippen molar-refractivity contribution in [2.75, 3.05) is 37.4 Å². The first kappa shape index (κ1) is 24.5. The molecular weight excluding hydrogens is 474 g/mol. The standard InChI is InChI=1S/C25H29N9O3/c1-16-21(10-19(12-26-16)28-23(35)14-33-7-4-5-20(33)15-37-3)29-25(36)24-31-30-22-9-17(6-8-34(22)24)18-11-27-32(2)13-18/h6,8-13,20H,4-5,7,14-15H2,1-3H3,(H,28,35)(H,29,36). The largest absolute Gasteiger partial charge is 0.383 e. The van der Waals surface area contributed by atoms with Crippen molar-refractivity contribution >= 4 is 28.8 Å². The summed E-state index contributed by atoms with van der Waals surface area (Å²) in [6.07, 6.45) is 9.06. The third-order valence-electron chi connectivity index (χ3n) is 6.47. The van der Waals surface area contributed by atoms with Crippen molar-refractivity contribution < 1.29 is 14.3 Å². The van der Waals surface area contributed by atoms with Gasteiger partial charge in [0.15, 0.2) is 5.65 Å². The number of aromatic nitrogens is 6. The number of aryl methyl sites for hydroxylation is 2. The van der Waals surface area contributed by atoms with Gasteiger partial charge in [-0.2, -0.15) is 5.10 Å². The Morgan fingerprint density at radius 1 is 1.16 bits per heavy atom. The van der Waals surface area contributed by atoms with E-state index in [2.05, 4.69) is 35.8 Å². The summed E-state index contributed by atoms with van der Waals surface area (Å²) in [4.78, 5) is 32.2. The Kier molecular flexibility index (Phi) is 6.93. The molecule has 4 aromatic rings. The van der Waals surface area contributed by atoms with Crippen LogP contribution in [-0.4, -0.2) is 78.9 Å². The Morgan fingerprint density at radius 3 is 2.81 bits per heavy atom. The maximum Gasteiger partial charge on any atom is 0.294 e. The van der Waals surface area contributed by atoms with Crippen LogP contribution in [0.1, 0.15) is 29.2 Å². The minimum absolute atomic E-state index is 0.139. The summed E-state index contributed by atoms with van der Waals surface area (Å²) >= 11 is 0. The van der Waals surface area contributed by atoms with Crippen LogP contribution in [-0.2, 0) is 16.6 Å². The van der Waals surface area contributed by atoms with Crippen LogP contribution < -0.4 is 10.6 Å². The fourth-order valence-corrected chi connectivity index (χ4v) is 4.57. The Labute approximate surface area is 213 Å². The van der Waals surface area contributed by atoms with E-state index in [4.69, 9.17) is 4.74 Å². The van der Waals surface area contributed by atoms with Crippen molar-refractivity contribution in [2.45, 2.75) is 25.8 Å². The molecule has 1 saturated heterocycles. The van der Waals surface area contributed by atoms with Gasteiger partial charge in [0.1, 0.15) is 0 Å². The van der Waals surface area contributed by atoms with Crippen LogP contribution in [0.4, 0.5) is 11.4 Å². The fraction of sp³-hybridized carbons (Fsp3) is 0.360. The van der Waals surface area contributed by atoms with Crippen LogP contribution in [0.2, 0.25) is 0 Å². The van der Waals surface area contributed by atoms with Gasteiger partial charge in [-0.15, -0.1) is 10.2 Å². The number of rotatable bonds is 8. The van der Waals surface area contributed by atoms with Crippen LogP contribution in [0.5, 0.6) is 0 Å². The molecule has 12 heteroatoms. The number of nitrogens with one attached hydrogen (secondary N) is 2. The first-order valence-corrected chi connectivity index (χ1v) is 12.1. The van der Waals surface area contributed by atoms with Gasteiger partial charge in [0, 0.05) is 38.2 Å². The van der Waals surface area contributed by atoms with Gasteiger partial charge < -0.3 is 15.4 Å². The highest BCUT2D eigenvalue weighted by atomic mass is 16.5. The fourth-order valence-electron chi connectivity index (χ4n) is 4.57. The zero-order valence-electron chi connectivity index (χ0n) is 21.0. The number of pyridine rings is 2. The van der Waals surface area contributed by atoms with Crippen molar-refractivity contribution in [3.8, 4) is 11.1 Å². The molecule has 0 aromatic carbocycles. The zero-order chi connectivity index (χ0) is 25.9. The highest BCUT2D eigenvalue weighted by Crippen LogP contribution is 2.22. The molecular formula is C25H29N9O3. The van der Waals surface area contributed by atoms with Gasteiger partial charge in [-0.05, 0) is 50.1 Å². The van der Waals surface area contributed by atoms with Gasteiger partial charge in [-0.25, -0.2) is 0 Å². The Morgan fingerprint density at radius 2 is 2.03 bits per heavy atom. The molecule has 0 spiro atoms. The molecule has 0 aliphatic carbocycles. The predicted molar refractivity (Wildman–Crippen MR) is 137 cm³/mol. The molecule has 37 heavy (non-hydrogen) atoms. The van der Waals surface area contributed by atoms with E-state index in [1.165, 1.54) is 0 Å². The molecule has 1 unspecified atom stereocenters. The molecule has 192 valence electrons. The summed E-state index contributed by atoms with van der Waals surface area (Å²) in [5.74, 6) is -0.437. The Bertz CT molecular complexity index is 1440. The molecule has 4 aromatic heterocycles. The SMILES string of the molecule is COCC1CCCN1CC(=O)Nc1cnc(C)c(NC(=O)c2nnc3cc(-c4cnn(C)c4)ccn23)c1. The lowest BCUT2D eigenvalue weighted by molar-refractivity contribution is -0.117. The monoisotopic (exact) mass is 503 g/mol. The van der Waals surface area contributed by atoms with E-state index in [0.29, 0.717) is 29.3 Å². The number of carbonyl (C=O) groups excluding carboxylic acids is 2. The average Bonchev–Trinajstić information content (AvgIpc) is 3.61. The predicted octanol–water partition coefficient (Wildman–Crippen LogP) is 2.13. The number of hydrogen-bond acceptors (Lipinski definition) is 8. The number of carbonyl (C=O) groups is 2. The highest BCUT2D eigenvalue weighted by Gasteiger charge is 2.26. The number of fused-ring (bicyclic) bond motifs is 1. The number of hydrogen-bond donors (Lipinski definition) is 2. The van der Waals surface area contributed by atoms with Gasteiger partial charge in [0.2, 0.25) is 11.7 Å². The number of likely N-dealkylation sites (tertiary alicyclic amines) is 1. The molecule has 1 aliphatic rings. The van der Waals surface area contributed by atoms with E-state index in [0.717, 1.165) is 30.5 Å². The smallest absolute Gasteiger partial charge is 0.294 e. The van der Waals surface area contributed by atoms with Gasteiger partial charge in [-0.1, -0.05) is 0 Å². The number of nitrogens with zero attached hydrogens (tertiary/aromatic N) is 7. The van der Waals surface area contributed by atoms with Crippen molar-refractivity contribution in [2.24, 2.45) is 7.05 Å². The van der Waals surface area contributed by atoms with E-state index in [9.17, 15) is 9.59 Å². The third kappa shape index (κ3) is 5.34. The van der Waals surface area contributed by atoms with E-state index in [-0.39, 0.29) is 24.3 Å². The van der Waals surface area contributed by atoms with E-state index in [1.54, 1.807) is 47.8 Å². The lowest BCUT2D eigenvalue weighted by Gasteiger charge is -2.23. The maximum absolute atomic E-state index is 13.1. The quantitative estimate of drug-likeness (QED) is 0.374. The van der Waals surface area contributed by atoms with E-state index < -0.39 is 5.91 Å². The van der Waals surface area contributed by atoms with Gasteiger partial charge in [0.05, 0.1) is 42.6 Å². The van der Waals surface area contributed by atoms with Crippen molar-refractivity contribution in [3.05, 3.63) is 54.5 Å². The number of ether oxygens (including phenoxy) is 1. The van der Waals surface area contributed by atoms with Crippen LogP contribution in [0.3, 0.4) is 0 Å². The molecule has 1 fully saturated rings. The summed E-state index contributed by atoms with van der Waals surface area (Å²) < 4.78 is 8.61. The molecule has 2 amide bonds. The summed E-state index contributed by atoms with van der Waals surface area (Å²) in [5, 5.41) is 18.2. The van der Waals surface area contributed by atoms with Gasteiger partial charge in [-0.3, -0.25) is 28.6 Å². The van der Waals surface area contributed by atoms with Crippen molar-refractivity contribution in [1.82, 2.24) is 34.3 Å². The molecule has 12 nitrogen and oxygen atoms in total. The molecule has 5 heterocycles. The highest BCUT2D eigenvalue weighted by molar-refractivity contribution is 6.03. The first-order valence-electron chi connectivity index (χ1n) is 12.1. The third-order valence-corrected chi connectivity index (χ3v) is 6.47. The lowest BCUT2D eigenvalue weighted by atomic mass is 10.1. The van der Waals surface area contributed by atoms with Crippen molar-refractivity contribution in [3.63, 3.8) is 0 Å². The molecule has 0 saturated carbocycles. The summed E-state index contributed by atoms with van der Waals surface area (Å²) in [5.41, 5.74) is 3.99. The van der Waals surface area contributed by atoms with Crippen LogP contribution in [0, 0.1) is 6.92 Å². The van der Waals surface area contributed by atoms with Gasteiger partial charge in [0.25, 0.3) is 5.91 Å². The molecule has 1 aliphatic heterocycles. The summed E-state index contributed by atoms with van der Waals surface area (Å²) in [6.45, 7) is 3.53. The molecule has 1 atom stereocenters. The zero-order valence-corrected chi connectivity index (χ0v) is 21.0.